The van der Waals surface area contributed by atoms with Crippen molar-refractivity contribution in [2.24, 2.45) is 0 Å². The van der Waals surface area contributed by atoms with E-state index in [2.05, 4.69) is 25.9 Å². The summed E-state index contributed by atoms with van der Waals surface area (Å²) in [6.07, 6.45) is 3.64. The monoisotopic (exact) mass is 179 g/mol. The topological polar surface area (TPSA) is 26.0 Å². The Bertz CT molecular complexity index is 278. The Kier molecular flexibility index (Phi) is 2.14. The van der Waals surface area contributed by atoms with Crippen molar-refractivity contribution in [3.8, 4) is 0 Å². The molecule has 72 valence electrons. The predicted octanol–water partition coefficient (Wildman–Crippen LogP) is 3.24. The summed E-state index contributed by atoms with van der Waals surface area (Å²) in [5, 5.41) is 4.17. The summed E-state index contributed by atoms with van der Waals surface area (Å²) in [5.74, 6) is 2.35. The van der Waals surface area contributed by atoms with Gasteiger partial charge in [-0.15, -0.1) is 0 Å². The fourth-order valence-electron chi connectivity index (χ4n) is 1.81. The maximum Gasteiger partial charge on any atom is 0.143 e. The van der Waals surface area contributed by atoms with Crippen LogP contribution in [0.3, 0.4) is 0 Å². The summed E-state index contributed by atoms with van der Waals surface area (Å²) < 4.78 is 5.42. The van der Waals surface area contributed by atoms with Crippen LogP contribution in [0, 0.1) is 0 Å². The van der Waals surface area contributed by atoms with Gasteiger partial charge in [0.25, 0.3) is 0 Å². The molecule has 1 aliphatic carbocycles. The zero-order chi connectivity index (χ0) is 9.42. The van der Waals surface area contributed by atoms with Crippen molar-refractivity contribution >= 4 is 0 Å². The van der Waals surface area contributed by atoms with Crippen LogP contribution >= 0.6 is 0 Å². The lowest BCUT2D eigenvalue weighted by Crippen LogP contribution is -1.94. The van der Waals surface area contributed by atoms with Crippen LogP contribution in [0.5, 0.6) is 0 Å². The van der Waals surface area contributed by atoms with Crippen LogP contribution in [0.25, 0.3) is 0 Å². The smallest absolute Gasteiger partial charge is 0.143 e. The van der Waals surface area contributed by atoms with Crippen LogP contribution in [0.1, 0.15) is 62.5 Å². The molecule has 1 aromatic rings. The zero-order valence-corrected chi connectivity index (χ0v) is 8.63. The number of nitrogens with zero attached hydrogens (tertiary/aromatic N) is 1. The molecule has 2 heteroatoms. The summed E-state index contributed by atoms with van der Waals surface area (Å²) in [7, 11) is 0. The quantitative estimate of drug-likeness (QED) is 0.712. The highest BCUT2D eigenvalue weighted by atomic mass is 16.5. The van der Waals surface area contributed by atoms with Crippen LogP contribution < -0.4 is 0 Å². The van der Waals surface area contributed by atoms with Gasteiger partial charge in [0.15, 0.2) is 0 Å². The molecule has 0 amide bonds. The number of hydrogen-bond acceptors (Lipinski definition) is 2. The molecule has 1 heterocycles. The Balaban J connectivity index is 2.35. The van der Waals surface area contributed by atoms with Gasteiger partial charge < -0.3 is 4.52 Å². The molecule has 0 radical (unpaired) electrons. The van der Waals surface area contributed by atoms with E-state index in [1.165, 1.54) is 29.9 Å². The molecule has 0 bridgehead atoms. The third kappa shape index (κ3) is 1.50. The Morgan fingerprint density at radius 1 is 1.46 bits per heavy atom. The molecule has 1 aromatic heterocycles. The molecule has 0 saturated heterocycles. The van der Waals surface area contributed by atoms with Gasteiger partial charge in [-0.3, -0.25) is 0 Å². The number of rotatable bonds is 3. The van der Waals surface area contributed by atoms with E-state index < -0.39 is 0 Å². The maximum atomic E-state index is 5.42. The molecule has 13 heavy (non-hydrogen) atoms. The number of hydrogen-bond donors (Lipinski definition) is 0. The first-order chi connectivity index (χ1) is 6.24. The Labute approximate surface area is 79.3 Å². The Hall–Kier alpha value is -0.790. The van der Waals surface area contributed by atoms with E-state index >= 15 is 0 Å². The van der Waals surface area contributed by atoms with Crippen molar-refractivity contribution in [1.82, 2.24) is 5.16 Å². The van der Waals surface area contributed by atoms with Crippen LogP contribution in [0.15, 0.2) is 4.52 Å². The summed E-state index contributed by atoms with van der Waals surface area (Å²) in [5.41, 5.74) is 2.54. The summed E-state index contributed by atoms with van der Waals surface area (Å²) in [4.78, 5) is 0. The minimum absolute atomic E-state index is 0.492. The van der Waals surface area contributed by atoms with Crippen molar-refractivity contribution in [3.05, 3.63) is 17.0 Å². The van der Waals surface area contributed by atoms with E-state index in [0.717, 1.165) is 6.42 Å². The molecular weight excluding hydrogens is 162 g/mol. The van der Waals surface area contributed by atoms with E-state index in [9.17, 15) is 0 Å². The third-order valence-electron chi connectivity index (χ3n) is 2.70. The van der Waals surface area contributed by atoms with E-state index in [0.29, 0.717) is 11.8 Å². The Morgan fingerprint density at radius 2 is 2.15 bits per heavy atom. The minimum atomic E-state index is 0.492. The summed E-state index contributed by atoms with van der Waals surface area (Å²) in [6, 6.07) is 0. The van der Waals surface area contributed by atoms with Crippen LogP contribution in [-0.4, -0.2) is 5.16 Å². The average Bonchev–Trinajstić information content (AvgIpc) is 2.84. The highest BCUT2D eigenvalue weighted by Gasteiger charge is 2.31. The van der Waals surface area contributed by atoms with E-state index in [1.807, 2.05) is 0 Å². The van der Waals surface area contributed by atoms with Crippen molar-refractivity contribution in [2.45, 2.75) is 51.9 Å². The van der Waals surface area contributed by atoms with Gasteiger partial charge in [0.2, 0.25) is 0 Å². The molecule has 1 fully saturated rings. The molecule has 2 nitrogen and oxygen atoms in total. The van der Waals surface area contributed by atoms with Crippen molar-refractivity contribution in [1.29, 1.82) is 0 Å². The molecule has 1 saturated carbocycles. The SMILES string of the molecule is CCc1c(C(C)C)noc1C1CC1. The van der Waals surface area contributed by atoms with Gasteiger partial charge in [-0.25, -0.2) is 0 Å². The van der Waals surface area contributed by atoms with Crippen molar-refractivity contribution < 1.29 is 4.52 Å². The summed E-state index contributed by atoms with van der Waals surface area (Å²) >= 11 is 0. The van der Waals surface area contributed by atoms with Gasteiger partial charge in [0, 0.05) is 11.5 Å². The van der Waals surface area contributed by atoms with Gasteiger partial charge in [0.05, 0.1) is 5.69 Å². The van der Waals surface area contributed by atoms with E-state index in [4.69, 9.17) is 4.52 Å². The van der Waals surface area contributed by atoms with E-state index in [-0.39, 0.29) is 0 Å². The van der Waals surface area contributed by atoms with Gasteiger partial charge in [-0.05, 0) is 25.2 Å². The van der Waals surface area contributed by atoms with Gasteiger partial charge in [-0.1, -0.05) is 25.9 Å². The molecule has 0 spiro atoms. The zero-order valence-electron chi connectivity index (χ0n) is 8.63. The van der Waals surface area contributed by atoms with Gasteiger partial charge >= 0.3 is 0 Å². The average molecular weight is 179 g/mol. The second kappa shape index (κ2) is 3.17. The lowest BCUT2D eigenvalue weighted by atomic mass is 10.0. The van der Waals surface area contributed by atoms with E-state index in [1.54, 1.807) is 0 Å². The first kappa shape index (κ1) is 8.79. The van der Waals surface area contributed by atoms with Crippen LogP contribution in [0.4, 0.5) is 0 Å². The molecular formula is C11H17NO. The fourth-order valence-corrected chi connectivity index (χ4v) is 1.81. The fraction of sp³-hybridized carbons (Fsp3) is 0.727. The second-order valence-electron chi connectivity index (χ2n) is 4.19. The molecule has 0 aliphatic heterocycles. The first-order valence-electron chi connectivity index (χ1n) is 5.22. The van der Waals surface area contributed by atoms with Crippen molar-refractivity contribution in [2.75, 3.05) is 0 Å². The molecule has 0 aromatic carbocycles. The Morgan fingerprint density at radius 3 is 2.62 bits per heavy atom. The van der Waals surface area contributed by atoms with Crippen LogP contribution in [0.2, 0.25) is 0 Å². The maximum absolute atomic E-state index is 5.42. The largest absolute Gasteiger partial charge is 0.361 e. The van der Waals surface area contributed by atoms with Gasteiger partial charge in [0.1, 0.15) is 5.76 Å². The molecule has 0 N–H and O–H groups in total. The molecule has 2 rings (SSSR count). The lowest BCUT2D eigenvalue weighted by molar-refractivity contribution is 0.375. The predicted molar refractivity (Wildman–Crippen MR) is 51.9 cm³/mol. The standard InChI is InChI=1S/C11H17NO/c1-4-9-10(7(2)3)12-13-11(9)8-5-6-8/h7-8H,4-6H2,1-3H3. The molecule has 0 unspecified atom stereocenters. The molecule has 1 aliphatic rings. The highest BCUT2D eigenvalue weighted by molar-refractivity contribution is 5.30. The van der Waals surface area contributed by atoms with Crippen LogP contribution in [-0.2, 0) is 6.42 Å². The normalized spacial score (nSPS) is 16.9. The third-order valence-corrected chi connectivity index (χ3v) is 2.70. The lowest BCUT2D eigenvalue weighted by Gasteiger charge is -2.02. The number of aromatic nitrogens is 1. The molecule has 0 atom stereocenters. The second-order valence-corrected chi connectivity index (χ2v) is 4.19. The van der Waals surface area contributed by atoms with Gasteiger partial charge in [-0.2, -0.15) is 0 Å². The minimum Gasteiger partial charge on any atom is -0.361 e. The first-order valence-corrected chi connectivity index (χ1v) is 5.22. The summed E-state index contributed by atoms with van der Waals surface area (Å²) in [6.45, 7) is 6.53. The highest BCUT2D eigenvalue weighted by Crippen LogP contribution is 2.43. The van der Waals surface area contributed by atoms with Crippen molar-refractivity contribution in [3.63, 3.8) is 0 Å².